The van der Waals surface area contributed by atoms with E-state index in [1.807, 2.05) is 29.8 Å². The summed E-state index contributed by atoms with van der Waals surface area (Å²) in [5.74, 6) is 2.03. The average Bonchev–Trinajstić information content (AvgIpc) is 2.73. The molecular formula is C16H23N3O2. The Kier molecular flexibility index (Phi) is 3.85. The van der Waals surface area contributed by atoms with Gasteiger partial charge in [-0.25, -0.2) is 4.68 Å². The van der Waals surface area contributed by atoms with Crippen LogP contribution in [0.15, 0.2) is 18.2 Å². The van der Waals surface area contributed by atoms with E-state index in [1.54, 1.807) is 14.2 Å². The van der Waals surface area contributed by atoms with Crippen LogP contribution in [0, 0.1) is 6.92 Å². The Balaban J connectivity index is 2.60. The molecule has 2 N–H and O–H groups in total. The minimum Gasteiger partial charge on any atom is -0.493 e. The summed E-state index contributed by atoms with van der Waals surface area (Å²) in [6.45, 7) is 8.20. The normalized spacial score (nSPS) is 11.5. The van der Waals surface area contributed by atoms with Crippen LogP contribution in [0.2, 0.25) is 0 Å². The molecule has 2 rings (SSSR count). The number of methoxy groups -OCH3 is 2. The van der Waals surface area contributed by atoms with Crippen molar-refractivity contribution in [2.45, 2.75) is 33.2 Å². The minimum atomic E-state index is -0.163. The second-order valence-corrected chi connectivity index (χ2v) is 6.00. The topological polar surface area (TPSA) is 62.3 Å². The smallest absolute Gasteiger partial charge is 0.161 e. The molecule has 0 amide bonds. The zero-order valence-corrected chi connectivity index (χ0v) is 13.5. The number of ether oxygens (including phenoxy) is 2. The quantitative estimate of drug-likeness (QED) is 0.942. The maximum absolute atomic E-state index is 6.31. The van der Waals surface area contributed by atoms with Gasteiger partial charge in [-0.3, -0.25) is 0 Å². The number of nitrogens with zero attached hydrogens (tertiary/aromatic N) is 2. The maximum atomic E-state index is 6.31. The van der Waals surface area contributed by atoms with E-state index in [0.717, 1.165) is 16.8 Å². The predicted molar refractivity (Wildman–Crippen MR) is 84.9 cm³/mol. The van der Waals surface area contributed by atoms with Gasteiger partial charge in [0.1, 0.15) is 5.82 Å². The van der Waals surface area contributed by atoms with E-state index < -0.39 is 0 Å². The van der Waals surface area contributed by atoms with Gasteiger partial charge in [-0.2, -0.15) is 5.10 Å². The SMILES string of the molecule is COc1ccc(-c2c(C)nn(C(C)(C)C)c2N)cc1OC. The fourth-order valence-electron chi connectivity index (χ4n) is 2.40. The Hall–Kier alpha value is -2.17. The monoisotopic (exact) mass is 289 g/mol. The van der Waals surface area contributed by atoms with E-state index >= 15 is 0 Å². The fourth-order valence-corrected chi connectivity index (χ4v) is 2.40. The Morgan fingerprint density at radius 1 is 1.10 bits per heavy atom. The number of nitrogens with two attached hydrogens (primary N) is 1. The van der Waals surface area contributed by atoms with Crippen LogP contribution in [0.25, 0.3) is 11.1 Å². The van der Waals surface area contributed by atoms with E-state index in [4.69, 9.17) is 15.2 Å². The molecule has 0 saturated carbocycles. The van der Waals surface area contributed by atoms with Crippen LogP contribution >= 0.6 is 0 Å². The third-order valence-corrected chi connectivity index (χ3v) is 3.40. The molecule has 5 nitrogen and oxygen atoms in total. The van der Waals surface area contributed by atoms with E-state index in [0.29, 0.717) is 17.3 Å². The summed E-state index contributed by atoms with van der Waals surface area (Å²) in [5, 5.41) is 4.58. The molecule has 1 heterocycles. The Morgan fingerprint density at radius 2 is 1.71 bits per heavy atom. The number of hydrogen-bond donors (Lipinski definition) is 1. The highest BCUT2D eigenvalue weighted by Gasteiger charge is 2.23. The standard InChI is InChI=1S/C16H23N3O2/c1-10-14(15(17)19(18-10)16(2,3)4)11-7-8-12(20-5)13(9-11)21-6/h7-9H,17H2,1-6H3. The van der Waals surface area contributed by atoms with Crippen molar-refractivity contribution in [1.29, 1.82) is 0 Å². The lowest BCUT2D eigenvalue weighted by Crippen LogP contribution is -2.24. The third-order valence-electron chi connectivity index (χ3n) is 3.40. The van der Waals surface area contributed by atoms with Crippen LogP contribution in [-0.2, 0) is 5.54 Å². The number of aromatic nitrogens is 2. The fraction of sp³-hybridized carbons (Fsp3) is 0.438. The van der Waals surface area contributed by atoms with Gasteiger partial charge in [0.05, 0.1) is 25.5 Å². The molecule has 2 aromatic rings. The van der Waals surface area contributed by atoms with Crippen molar-refractivity contribution < 1.29 is 9.47 Å². The molecule has 0 aliphatic carbocycles. The molecule has 0 saturated heterocycles. The van der Waals surface area contributed by atoms with Crippen molar-refractivity contribution in [3.8, 4) is 22.6 Å². The number of hydrogen-bond acceptors (Lipinski definition) is 4. The molecule has 0 spiro atoms. The molecule has 1 aromatic carbocycles. The molecule has 21 heavy (non-hydrogen) atoms. The largest absolute Gasteiger partial charge is 0.493 e. The lowest BCUT2D eigenvalue weighted by molar-refractivity contribution is 0.355. The summed E-state index contributed by atoms with van der Waals surface area (Å²) in [6.07, 6.45) is 0. The predicted octanol–water partition coefficient (Wildman–Crippen LogP) is 3.21. The van der Waals surface area contributed by atoms with Crippen molar-refractivity contribution in [3.63, 3.8) is 0 Å². The van der Waals surface area contributed by atoms with Crippen LogP contribution in [0.4, 0.5) is 5.82 Å². The van der Waals surface area contributed by atoms with Crippen LogP contribution < -0.4 is 15.2 Å². The van der Waals surface area contributed by atoms with E-state index in [-0.39, 0.29) is 5.54 Å². The van der Waals surface area contributed by atoms with Crippen molar-refractivity contribution in [1.82, 2.24) is 9.78 Å². The van der Waals surface area contributed by atoms with Crippen molar-refractivity contribution >= 4 is 5.82 Å². The first-order chi connectivity index (χ1) is 9.79. The van der Waals surface area contributed by atoms with Gasteiger partial charge < -0.3 is 15.2 Å². The number of anilines is 1. The highest BCUT2D eigenvalue weighted by molar-refractivity contribution is 5.78. The first-order valence-electron chi connectivity index (χ1n) is 6.87. The van der Waals surface area contributed by atoms with Gasteiger partial charge in [0.15, 0.2) is 11.5 Å². The zero-order chi connectivity index (χ0) is 15.8. The number of nitrogen functional groups attached to an aromatic ring is 1. The van der Waals surface area contributed by atoms with Gasteiger partial charge in [-0.1, -0.05) is 6.07 Å². The average molecular weight is 289 g/mol. The molecule has 0 fully saturated rings. The molecular weight excluding hydrogens is 266 g/mol. The first-order valence-corrected chi connectivity index (χ1v) is 6.87. The molecule has 0 radical (unpaired) electrons. The van der Waals surface area contributed by atoms with Gasteiger partial charge in [0.25, 0.3) is 0 Å². The Labute approximate surface area is 125 Å². The van der Waals surface area contributed by atoms with Crippen LogP contribution in [-0.4, -0.2) is 24.0 Å². The first kappa shape index (κ1) is 15.2. The summed E-state index contributed by atoms with van der Waals surface area (Å²) in [7, 11) is 3.24. The molecule has 0 unspecified atom stereocenters. The minimum absolute atomic E-state index is 0.163. The molecule has 0 aliphatic heterocycles. The molecule has 0 bridgehead atoms. The zero-order valence-electron chi connectivity index (χ0n) is 13.5. The summed E-state index contributed by atoms with van der Waals surface area (Å²) >= 11 is 0. The Morgan fingerprint density at radius 3 is 2.19 bits per heavy atom. The van der Waals surface area contributed by atoms with E-state index in [1.165, 1.54) is 0 Å². The van der Waals surface area contributed by atoms with Gasteiger partial charge in [-0.15, -0.1) is 0 Å². The lowest BCUT2D eigenvalue weighted by atomic mass is 10.0. The van der Waals surface area contributed by atoms with Crippen molar-refractivity contribution in [3.05, 3.63) is 23.9 Å². The number of rotatable bonds is 3. The second-order valence-electron chi connectivity index (χ2n) is 6.00. The molecule has 0 atom stereocenters. The number of aryl methyl sites for hydroxylation is 1. The van der Waals surface area contributed by atoms with Gasteiger partial charge in [-0.05, 0) is 45.4 Å². The van der Waals surface area contributed by atoms with E-state index in [2.05, 4.69) is 25.9 Å². The van der Waals surface area contributed by atoms with Crippen LogP contribution in [0.5, 0.6) is 11.5 Å². The third kappa shape index (κ3) is 2.68. The molecule has 1 aromatic heterocycles. The summed E-state index contributed by atoms with van der Waals surface area (Å²) in [4.78, 5) is 0. The van der Waals surface area contributed by atoms with Crippen LogP contribution in [0.1, 0.15) is 26.5 Å². The Bertz CT molecular complexity index is 654. The summed E-state index contributed by atoms with van der Waals surface area (Å²) in [5.41, 5.74) is 8.95. The summed E-state index contributed by atoms with van der Waals surface area (Å²) < 4.78 is 12.5. The molecule has 0 aliphatic rings. The highest BCUT2D eigenvalue weighted by atomic mass is 16.5. The van der Waals surface area contributed by atoms with Gasteiger partial charge in [0, 0.05) is 5.56 Å². The van der Waals surface area contributed by atoms with Crippen molar-refractivity contribution in [2.24, 2.45) is 0 Å². The van der Waals surface area contributed by atoms with E-state index in [9.17, 15) is 0 Å². The number of benzene rings is 1. The van der Waals surface area contributed by atoms with Crippen LogP contribution in [0.3, 0.4) is 0 Å². The molecule has 5 heteroatoms. The molecule has 114 valence electrons. The lowest BCUT2D eigenvalue weighted by Gasteiger charge is -2.21. The van der Waals surface area contributed by atoms with Gasteiger partial charge in [0.2, 0.25) is 0 Å². The highest BCUT2D eigenvalue weighted by Crippen LogP contribution is 2.37. The van der Waals surface area contributed by atoms with Gasteiger partial charge >= 0.3 is 0 Å². The second kappa shape index (κ2) is 5.31. The summed E-state index contributed by atoms with van der Waals surface area (Å²) in [6, 6.07) is 5.77. The maximum Gasteiger partial charge on any atom is 0.161 e. The van der Waals surface area contributed by atoms with Crippen molar-refractivity contribution in [2.75, 3.05) is 20.0 Å².